The molecule has 0 unspecified atom stereocenters. The standard InChI is InChI=1S/C18H17N3O8S2.2Na/c1-21(2)12-5-3-11(4-6-12)19-20-17-15(31(27,28)29)8-10-7-13(30(24,25)26)9-14(22)16(10)18(17)23;;/h3-9,22-23H,1-2H3,(H,24,25,26)(H,27,28,29);;/q;2*+1/p-2. The Morgan fingerprint density at radius 1 is 0.848 bits per heavy atom. The summed E-state index contributed by atoms with van der Waals surface area (Å²) in [6, 6.07) is 8.47. The van der Waals surface area contributed by atoms with Crippen LogP contribution >= 0.6 is 0 Å². The second kappa shape index (κ2) is 11.0. The Labute approximate surface area is 234 Å². The van der Waals surface area contributed by atoms with E-state index in [1.54, 1.807) is 24.3 Å². The van der Waals surface area contributed by atoms with Gasteiger partial charge in [-0.3, -0.25) is 9.11 Å². The van der Waals surface area contributed by atoms with Crippen LogP contribution in [0.2, 0.25) is 0 Å². The Kier molecular flexibility index (Phi) is 9.91. The van der Waals surface area contributed by atoms with Crippen LogP contribution in [-0.2, 0) is 20.2 Å². The molecule has 0 aliphatic carbocycles. The van der Waals surface area contributed by atoms with Crippen molar-refractivity contribution in [3.63, 3.8) is 0 Å². The molecule has 3 aromatic carbocycles. The van der Waals surface area contributed by atoms with Crippen LogP contribution in [0.3, 0.4) is 0 Å². The van der Waals surface area contributed by atoms with Crippen LogP contribution in [0.1, 0.15) is 0 Å². The fourth-order valence-corrected chi connectivity index (χ4v) is 3.96. The maximum Gasteiger partial charge on any atom is 1.00 e. The predicted octanol–water partition coefficient (Wildman–Crippen LogP) is -4.03. The number of fused-ring (bicyclic) bond motifs is 1. The van der Waals surface area contributed by atoms with E-state index in [4.69, 9.17) is 4.55 Å². The molecule has 15 heteroatoms. The van der Waals surface area contributed by atoms with E-state index in [0.717, 1.165) is 11.8 Å². The molecule has 11 nitrogen and oxygen atoms in total. The van der Waals surface area contributed by atoms with Gasteiger partial charge >= 0.3 is 59.1 Å². The van der Waals surface area contributed by atoms with Crippen molar-refractivity contribution in [1.82, 2.24) is 0 Å². The minimum atomic E-state index is -5.01. The van der Waals surface area contributed by atoms with Crippen molar-refractivity contribution in [3.05, 3.63) is 42.5 Å². The summed E-state index contributed by atoms with van der Waals surface area (Å²) in [4.78, 5) is 0.0270. The third-order valence-electron chi connectivity index (χ3n) is 4.28. The molecule has 0 bridgehead atoms. The first-order valence-electron chi connectivity index (χ1n) is 8.42. The van der Waals surface area contributed by atoms with Crippen LogP contribution in [0.5, 0.6) is 11.5 Å². The Bertz CT molecular complexity index is 1430. The number of nitrogens with zero attached hydrogens (tertiary/aromatic N) is 3. The molecule has 0 radical (unpaired) electrons. The average molecular weight is 511 g/mol. The monoisotopic (exact) mass is 511 g/mol. The summed E-state index contributed by atoms with van der Waals surface area (Å²) in [5.41, 5.74) is 0.289. The summed E-state index contributed by atoms with van der Waals surface area (Å²) < 4.78 is 64.9. The van der Waals surface area contributed by atoms with Crippen LogP contribution < -0.4 is 74.2 Å². The summed E-state index contributed by atoms with van der Waals surface area (Å²) in [6.07, 6.45) is 0. The molecule has 33 heavy (non-hydrogen) atoms. The molecule has 2 N–H and O–H groups in total. The molecule has 0 fully saturated rings. The molecular weight excluding hydrogens is 496 g/mol. The van der Waals surface area contributed by atoms with E-state index in [1.807, 2.05) is 19.0 Å². The molecule has 0 atom stereocenters. The summed E-state index contributed by atoms with van der Waals surface area (Å²) in [5, 5.41) is 31.5. The molecule has 0 aromatic heterocycles. The Balaban J connectivity index is 0.00000272. The molecule has 0 amide bonds. The second-order valence-corrected chi connectivity index (χ2v) is 9.44. The van der Waals surface area contributed by atoms with Gasteiger partial charge in [0.25, 0.3) is 20.2 Å². The molecule has 0 saturated heterocycles. The average Bonchev–Trinajstić information content (AvgIpc) is 2.65. The minimum Gasteiger partial charge on any atom is -0.872 e. The number of hydrogen-bond acceptors (Lipinski definition) is 9. The van der Waals surface area contributed by atoms with Crippen LogP contribution in [0, 0.1) is 0 Å². The summed E-state index contributed by atoms with van der Waals surface area (Å²) in [6.45, 7) is 0. The fourth-order valence-electron chi connectivity index (χ4n) is 2.77. The van der Waals surface area contributed by atoms with Crippen molar-refractivity contribution in [2.45, 2.75) is 9.79 Å². The third-order valence-corrected chi connectivity index (χ3v) is 5.97. The van der Waals surface area contributed by atoms with Crippen LogP contribution in [-0.4, -0.2) is 40.0 Å². The number of rotatable bonds is 5. The largest absolute Gasteiger partial charge is 1.00 e. The Morgan fingerprint density at radius 2 is 1.42 bits per heavy atom. The zero-order chi connectivity index (χ0) is 23.1. The first-order chi connectivity index (χ1) is 14.3. The van der Waals surface area contributed by atoms with Gasteiger partial charge in [-0.1, -0.05) is 5.75 Å². The van der Waals surface area contributed by atoms with Gasteiger partial charge in [-0.2, -0.15) is 21.9 Å². The molecule has 0 aliphatic heterocycles. The summed E-state index contributed by atoms with van der Waals surface area (Å²) >= 11 is 0. The molecule has 164 valence electrons. The van der Waals surface area contributed by atoms with Gasteiger partial charge in [-0.15, -0.1) is 10.9 Å². The maximum atomic E-state index is 12.8. The van der Waals surface area contributed by atoms with E-state index >= 15 is 0 Å². The molecule has 3 aromatic rings. The van der Waals surface area contributed by atoms with Gasteiger partial charge in [-0.25, -0.2) is 0 Å². The van der Waals surface area contributed by atoms with Gasteiger partial charge < -0.3 is 15.1 Å². The van der Waals surface area contributed by atoms with Crippen molar-refractivity contribution >= 4 is 48.1 Å². The number of anilines is 1. The zero-order valence-electron chi connectivity index (χ0n) is 18.0. The SMILES string of the molecule is CN(C)c1ccc(N=Nc2c(S(=O)(=O)O)cc3cc(S(=O)(=O)O)cc([O-])c3c2[O-])cc1.[Na+].[Na+]. The van der Waals surface area contributed by atoms with E-state index < -0.39 is 58.0 Å². The van der Waals surface area contributed by atoms with Gasteiger partial charge in [0.05, 0.1) is 16.3 Å². The smallest absolute Gasteiger partial charge is 0.872 e. The molecular formula is C18H15N3Na2O8S2. The first kappa shape index (κ1) is 29.8. The normalized spacial score (nSPS) is 11.8. The van der Waals surface area contributed by atoms with Crippen molar-refractivity contribution in [2.75, 3.05) is 19.0 Å². The van der Waals surface area contributed by atoms with Crippen molar-refractivity contribution < 1.29 is 95.3 Å². The number of azo groups is 1. The Morgan fingerprint density at radius 3 is 1.91 bits per heavy atom. The molecule has 0 spiro atoms. The van der Waals surface area contributed by atoms with E-state index in [1.165, 1.54) is 0 Å². The summed E-state index contributed by atoms with van der Waals surface area (Å²) in [7, 11) is -6.17. The Hall–Kier alpha value is -1.26. The van der Waals surface area contributed by atoms with Crippen molar-refractivity contribution in [3.8, 4) is 11.5 Å². The van der Waals surface area contributed by atoms with Crippen LogP contribution in [0.15, 0.2) is 62.5 Å². The quantitative estimate of drug-likeness (QED) is 0.196. The van der Waals surface area contributed by atoms with E-state index in [2.05, 4.69) is 10.2 Å². The van der Waals surface area contributed by atoms with E-state index in [-0.39, 0.29) is 64.8 Å². The van der Waals surface area contributed by atoms with Crippen LogP contribution in [0.25, 0.3) is 10.8 Å². The zero-order valence-corrected chi connectivity index (χ0v) is 23.7. The summed E-state index contributed by atoms with van der Waals surface area (Å²) in [5.74, 6) is -2.26. The third kappa shape index (κ3) is 6.66. The van der Waals surface area contributed by atoms with Gasteiger partial charge in [0.2, 0.25) is 0 Å². The van der Waals surface area contributed by atoms with E-state index in [0.29, 0.717) is 12.1 Å². The van der Waals surface area contributed by atoms with E-state index in [9.17, 15) is 31.6 Å². The fraction of sp³-hybridized carbons (Fsp3) is 0.111. The van der Waals surface area contributed by atoms with Gasteiger partial charge in [0.1, 0.15) is 4.90 Å². The maximum absolute atomic E-state index is 12.8. The van der Waals surface area contributed by atoms with Crippen LogP contribution in [0.4, 0.5) is 17.1 Å². The van der Waals surface area contributed by atoms with Gasteiger partial charge in [0, 0.05) is 19.8 Å². The first-order valence-corrected chi connectivity index (χ1v) is 11.3. The number of benzene rings is 3. The minimum absolute atomic E-state index is 0. The predicted molar refractivity (Wildman–Crippen MR) is 107 cm³/mol. The molecule has 0 saturated carbocycles. The van der Waals surface area contributed by atoms with Gasteiger partial charge in [0.15, 0.2) is 0 Å². The van der Waals surface area contributed by atoms with Gasteiger partial charge in [-0.05, 0) is 53.2 Å². The van der Waals surface area contributed by atoms with Crippen molar-refractivity contribution in [1.29, 1.82) is 0 Å². The topological polar surface area (TPSA) is 183 Å². The molecule has 3 rings (SSSR count). The number of hydrogen-bond donors (Lipinski definition) is 2. The molecule has 0 heterocycles. The molecule has 0 aliphatic rings. The van der Waals surface area contributed by atoms with Crippen molar-refractivity contribution in [2.24, 2.45) is 10.2 Å². The second-order valence-electron chi connectivity index (χ2n) is 6.63.